The topological polar surface area (TPSA) is 72.8 Å². The molecular formula is C89H152O5. The summed E-state index contributed by atoms with van der Waals surface area (Å²) in [6.45, 7) is 4.03. The molecule has 0 bridgehead atoms. The summed E-state index contributed by atoms with van der Waals surface area (Å²) in [6.07, 6.45) is 125. The number of rotatable bonds is 74. The highest BCUT2D eigenvalue weighted by molar-refractivity contribution is 5.70. The smallest absolute Gasteiger partial charge is 0.306 e. The fourth-order valence-electron chi connectivity index (χ4n) is 11.7. The Balaban J connectivity index is 3.52. The second kappa shape index (κ2) is 83.0. The Hall–Kier alpha value is -4.22. The third kappa shape index (κ3) is 80.2. The number of carbonyl (C=O) groups excluding carboxylic acids is 2. The van der Waals surface area contributed by atoms with E-state index < -0.39 is 6.10 Å². The molecule has 0 rings (SSSR count). The first-order valence-corrected chi connectivity index (χ1v) is 40.4. The summed E-state index contributed by atoms with van der Waals surface area (Å²) in [5, 5.41) is 9.72. The predicted octanol–water partition coefficient (Wildman–Crippen LogP) is 28.8. The fourth-order valence-corrected chi connectivity index (χ4v) is 11.7. The molecule has 0 spiro atoms. The molecule has 0 saturated carbocycles. The van der Waals surface area contributed by atoms with Crippen LogP contribution < -0.4 is 0 Å². The first-order chi connectivity index (χ1) is 46.6. The number of allylic oxidation sites excluding steroid dienone is 24. The molecule has 1 N–H and O–H groups in total. The summed E-state index contributed by atoms with van der Waals surface area (Å²) in [5.41, 5.74) is 0. The van der Waals surface area contributed by atoms with Crippen molar-refractivity contribution in [3.05, 3.63) is 146 Å². The van der Waals surface area contributed by atoms with Gasteiger partial charge in [-0.15, -0.1) is 0 Å². The lowest BCUT2D eigenvalue weighted by atomic mass is 10.0. The van der Waals surface area contributed by atoms with E-state index in [9.17, 15) is 14.7 Å². The van der Waals surface area contributed by atoms with Crippen LogP contribution in [0, 0.1) is 0 Å². The van der Waals surface area contributed by atoms with E-state index in [1.165, 1.54) is 244 Å². The van der Waals surface area contributed by atoms with Gasteiger partial charge < -0.3 is 14.6 Å². The van der Waals surface area contributed by atoms with Crippen LogP contribution in [0.4, 0.5) is 0 Å². The quantitative estimate of drug-likeness (QED) is 0.0373. The van der Waals surface area contributed by atoms with Gasteiger partial charge in [0.05, 0.1) is 6.61 Å². The van der Waals surface area contributed by atoms with Gasteiger partial charge in [0, 0.05) is 12.8 Å². The fraction of sp³-hybridized carbons (Fsp3) is 0.708. The molecule has 0 aliphatic heterocycles. The van der Waals surface area contributed by atoms with Gasteiger partial charge in [-0.25, -0.2) is 0 Å². The van der Waals surface area contributed by atoms with Crippen molar-refractivity contribution in [3.8, 4) is 0 Å². The molecule has 1 unspecified atom stereocenters. The Morgan fingerprint density at radius 3 is 0.691 bits per heavy atom. The third-order valence-electron chi connectivity index (χ3n) is 17.6. The number of ether oxygens (including phenoxy) is 2. The van der Waals surface area contributed by atoms with Gasteiger partial charge in [0.2, 0.25) is 0 Å². The van der Waals surface area contributed by atoms with Crippen molar-refractivity contribution in [1.29, 1.82) is 0 Å². The monoisotopic (exact) mass is 1300 g/mol. The number of hydrogen-bond donors (Lipinski definition) is 1. The zero-order chi connectivity index (χ0) is 67.5. The van der Waals surface area contributed by atoms with E-state index in [4.69, 9.17) is 9.47 Å². The van der Waals surface area contributed by atoms with Crippen LogP contribution in [0.25, 0.3) is 0 Å². The van der Waals surface area contributed by atoms with E-state index in [0.717, 1.165) is 116 Å². The Labute approximate surface area is 584 Å². The average molecular weight is 1300 g/mol. The third-order valence-corrected chi connectivity index (χ3v) is 17.6. The molecule has 0 fully saturated rings. The number of aliphatic hydroxyl groups excluding tert-OH is 1. The number of unbranched alkanes of at least 4 members (excludes halogenated alkanes) is 42. The van der Waals surface area contributed by atoms with E-state index >= 15 is 0 Å². The van der Waals surface area contributed by atoms with Crippen molar-refractivity contribution in [1.82, 2.24) is 0 Å². The first kappa shape index (κ1) is 89.8. The van der Waals surface area contributed by atoms with E-state index in [-0.39, 0.29) is 25.2 Å². The lowest BCUT2D eigenvalue weighted by Gasteiger charge is -2.15. The van der Waals surface area contributed by atoms with Gasteiger partial charge in [-0.2, -0.15) is 0 Å². The summed E-state index contributed by atoms with van der Waals surface area (Å²) in [7, 11) is 0. The lowest BCUT2D eigenvalue weighted by Crippen LogP contribution is -2.28. The van der Waals surface area contributed by atoms with Gasteiger partial charge in [0.25, 0.3) is 0 Å². The van der Waals surface area contributed by atoms with Gasteiger partial charge in [-0.05, 0) is 103 Å². The second-order valence-corrected chi connectivity index (χ2v) is 26.8. The van der Waals surface area contributed by atoms with Gasteiger partial charge in [-0.3, -0.25) is 9.59 Å². The molecule has 94 heavy (non-hydrogen) atoms. The minimum Gasteiger partial charge on any atom is -0.462 e. The zero-order valence-electron chi connectivity index (χ0n) is 61.9. The largest absolute Gasteiger partial charge is 0.462 e. The zero-order valence-corrected chi connectivity index (χ0v) is 61.9. The Morgan fingerprint density at radius 1 is 0.255 bits per heavy atom. The van der Waals surface area contributed by atoms with Crippen molar-refractivity contribution in [2.75, 3.05) is 13.2 Å². The van der Waals surface area contributed by atoms with Crippen LogP contribution in [0.5, 0.6) is 0 Å². The van der Waals surface area contributed by atoms with E-state index in [1.807, 2.05) is 0 Å². The number of carbonyl (C=O) groups is 2. The van der Waals surface area contributed by atoms with Crippen LogP contribution in [0.15, 0.2) is 146 Å². The molecule has 0 aliphatic carbocycles. The first-order valence-electron chi connectivity index (χ1n) is 40.4. The minimum atomic E-state index is -0.806. The Morgan fingerprint density at radius 2 is 0.457 bits per heavy atom. The summed E-state index contributed by atoms with van der Waals surface area (Å²) in [4.78, 5) is 24.7. The molecule has 538 valence electrons. The van der Waals surface area contributed by atoms with Crippen LogP contribution in [0.1, 0.15) is 386 Å². The molecule has 0 aliphatic rings. The van der Waals surface area contributed by atoms with Crippen LogP contribution >= 0.6 is 0 Å². The summed E-state index contributed by atoms with van der Waals surface area (Å²) in [6, 6.07) is 0. The molecule has 0 amide bonds. The Kier molecular flexibility index (Phi) is 79.3. The van der Waals surface area contributed by atoms with E-state index in [0.29, 0.717) is 12.8 Å². The van der Waals surface area contributed by atoms with Crippen LogP contribution in [-0.2, 0) is 19.1 Å². The lowest BCUT2D eigenvalue weighted by molar-refractivity contribution is -0.161. The van der Waals surface area contributed by atoms with Gasteiger partial charge in [0.1, 0.15) is 6.61 Å². The standard InChI is InChI=1S/C89H152O5/c1-3-5-7-9-11-13-15-17-19-21-23-25-27-29-31-33-35-37-39-41-43-44-46-47-49-51-53-55-57-59-61-63-65-67-69-71-73-75-77-79-81-83-88(91)93-86-87(85-90)94-89(92)84-82-80-78-76-74-72-70-68-66-64-62-60-58-56-54-52-50-48-45-42-40-38-36-34-32-30-28-26-24-22-20-18-16-14-12-10-8-6-4-2/h6,8,12,14,18,20,24,26,30,32,36,38,42,45,50,52,56,58,62,64,68,70,74,76,87,90H,3-5,7,9-11,13,15-17,19,21-23,25,27-29,31,33-35,37,39-41,43-44,46-49,51,53-55,57,59-61,63,65-67,69,71-73,75,77-86H2,1-2H3/b8-6-,14-12-,20-18-,26-24-,32-30-,38-36-,45-42-,52-50-,58-56-,64-62-,70-68-,76-74-. The van der Waals surface area contributed by atoms with Crippen LogP contribution in [0.2, 0.25) is 0 Å². The van der Waals surface area contributed by atoms with Crippen molar-refractivity contribution in [2.24, 2.45) is 0 Å². The van der Waals surface area contributed by atoms with Crippen molar-refractivity contribution < 1.29 is 24.2 Å². The summed E-state index contributed by atoms with van der Waals surface area (Å²) < 4.78 is 10.7. The molecule has 0 aromatic carbocycles. The highest BCUT2D eigenvalue weighted by Gasteiger charge is 2.16. The molecule has 0 radical (unpaired) electrons. The number of hydrogen-bond acceptors (Lipinski definition) is 5. The summed E-state index contributed by atoms with van der Waals surface area (Å²) >= 11 is 0. The van der Waals surface area contributed by atoms with Gasteiger partial charge in [0.15, 0.2) is 6.10 Å². The van der Waals surface area contributed by atoms with E-state index in [1.54, 1.807) is 0 Å². The number of esters is 2. The molecule has 0 heterocycles. The molecular weight excluding hydrogens is 1150 g/mol. The maximum atomic E-state index is 12.4. The SMILES string of the molecule is CC/C=C\C/C=C\C/C=C\C/C=C\C/C=C\C/C=C\C/C=C\C/C=C\C/C=C\C/C=C\C/C=C\C/C=C\CCCCC(=O)OC(CO)COC(=O)CCCCCCCCCCCCCCCCCCCCCCCCCCCCCCCCCCCCCCCCCCC. The van der Waals surface area contributed by atoms with Crippen molar-refractivity contribution in [2.45, 2.75) is 392 Å². The molecule has 1 atom stereocenters. The minimum absolute atomic E-state index is 0.0888. The maximum absolute atomic E-state index is 12.4. The van der Waals surface area contributed by atoms with Crippen LogP contribution in [-0.4, -0.2) is 36.4 Å². The van der Waals surface area contributed by atoms with Crippen LogP contribution in [0.3, 0.4) is 0 Å². The van der Waals surface area contributed by atoms with Gasteiger partial charge >= 0.3 is 11.9 Å². The van der Waals surface area contributed by atoms with E-state index in [2.05, 4.69) is 160 Å². The van der Waals surface area contributed by atoms with Crippen molar-refractivity contribution in [3.63, 3.8) is 0 Å². The molecule has 0 aromatic rings. The van der Waals surface area contributed by atoms with Gasteiger partial charge in [-0.1, -0.05) is 417 Å². The average Bonchev–Trinajstić information content (AvgIpc) is 3.65. The number of aliphatic hydroxyl groups is 1. The second-order valence-electron chi connectivity index (χ2n) is 26.8. The maximum Gasteiger partial charge on any atom is 0.306 e. The molecule has 5 heteroatoms. The highest BCUT2D eigenvalue weighted by Crippen LogP contribution is 2.19. The van der Waals surface area contributed by atoms with Crippen molar-refractivity contribution >= 4 is 11.9 Å². The molecule has 0 saturated heterocycles. The predicted molar refractivity (Wildman–Crippen MR) is 417 cm³/mol. The Bertz CT molecular complexity index is 1920. The molecule has 0 aromatic heterocycles. The molecule has 5 nitrogen and oxygen atoms in total. The normalized spacial score (nSPS) is 13.0. The highest BCUT2D eigenvalue weighted by atomic mass is 16.6. The summed E-state index contributed by atoms with van der Waals surface area (Å²) in [5.74, 6) is -0.637.